The highest BCUT2D eigenvalue weighted by atomic mass is 32.1. The molecule has 2 N–H and O–H groups in total. The van der Waals surface area contributed by atoms with Crippen molar-refractivity contribution in [3.8, 4) is 17.0 Å². The maximum atomic E-state index is 5.84. The van der Waals surface area contributed by atoms with Crippen LogP contribution >= 0.6 is 22.7 Å². The Morgan fingerprint density at radius 2 is 2.05 bits per heavy atom. The Hall–Kier alpha value is -1.86. The van der Waals surface area contributed by atoms with Gasteiger partial charge in [-0.05, 0) is 12.1 Å². The van der Waals surface area contributed by atoms with Gasteiger partial charge in [-0.3, -0.25) is 0 Å². The van der Waals surface area contributed by atoms with Gasteiger partial charge in [-0.1, -0.05) is 11.3 Å². The lowest BCUT2D eigenvalue weighted by atomic mass is 10.1. The normalized spacial score (nSPS) is 10.9. The van der Waals surface area contributed by atoms with Crippen LogP contribution in [0.25, 0.3) is 21.5 Å². The first-order valence-corrected chi connectivity index (χ1v) is 7.66. The lowest BCUT2D eigenvalue weighted by Gasteiger charge is -2.06. The summed E-state index contributed by atoms with van der Waals surface area (Å²) in [6.07, 6.45) is 0. The van der Waals surface area contributed by atoms with Crippen molar-refractivity contribution in [2.75, 3.05) is 31.8 Å². The van der Waals surface area contributed by atoms with Crippen LogP contribution in [0.15, 0.2) is 17.5 Å². The SMILES string of the molecule is COc1ccc(-c2csc(N(C)C)n2)c2sc(N)nc12. The summed E-state index contributed by atoms with van der Waals surface area (Å²) in [5.74, 6) is 0.736. The van der Waals surface area contributed by atoms with Crippen molar-refractivity contribution in [1.29, 1.82) is 0 Å². The topological polar surface area (TPSA) is 64.3 Å². The minimum absolute atomic E-state index is 0.536. The van der Waals surface area contributed by atoms with E-state index in [1.54, 1.807) is 18.4 Å². The zero-order valence-corrected chi connectivity index (χ0v) is 13.0. The molecule has 0 amide bonds. The minimum atomic E-state index is 0.536. The minimum Gasteiger partial charge on any atom is -0.494 e. The van der Waals surface area contributed by atoms with Gasteiger partial charge in [0.05, 0.1) is 17.5 Å². The monoisotopic (exact) mass is 306 g/mol. The van der Waals surface area contributed by atoms with Crippen molar-refractivity contribution in [1.82, 2.24) is 9.97 Å². The van der Waals surface area contributed by atoms with E-state index < -0.39 is 0 Å². The van der Waals surface area contributed by atoms with E-state index in [-0.39, 0.29) is 0 Å². The Bertz CT molecular complexity index is 763. The number of ether oxygens (including phenoxy) is 1. The van der Waals surface area contributed by atoms with Crippen molar-refractivity contribution in [2.24, 2.45) is 0 Å². The summed E-state index contributed by atoms with van der Waals surface area (Å²) in [4.78, 5) is 11.0. The summed E-state index contributed by atoms with van der Waals surface area (Å²) in [6, 6.07) is 3.92. The number of benzene rings is 1. The largest absolute Gasteiger partial charge is 0.494 e. The summed E-state index contributed by atoms with van der Waals surface area (Å²) < 4.78 is 6.35. The maximum Gasteiger partial charge on any atom is 0.185 e. The Kier molecular flexibility index (Phi) is 3.23. The van der Waals surface area contributed by atoms with Gasteiger partial charge in [-0.2, -0.15) is 0 Å². The first-order chi connectivity index (χ1) is 9.60. The molecule has 0 spiro atoms. The number of nitrogens with two attached hydrogens (primary N) is 1. The molecule has 2 aromatic heterocycles. The molecule has 0 saturated carbocycles. The predicted octanol–water partition coefficient (Wildman–Crippen LogP) is 3.08. The Morgan fingerprint density at radius 3 is 2.70 bits per heavy atom. The van der Waals surface area contributed by atoms with Gasteiger partial charge in [0.25, 0.3) is 0 Å². The van der Waals surface area contributed by atoms with E-state index in [0.29, 0.717) is 5.13 Å². The van der Waals surface area contributed by atoms with Crippen LogP contribution in [-0.2, 0) is 0 Å². The fourth-order valence-electron chi connectivity index (χ4n) is 1.96. The van der Waals surface area contributed by atoms with Gasteiger partial charge in [-0.25, -0.2) is 9.97 Å². The Balaban J connectivity index is 2.20. The van der Waals surface area contributed by atoms with E-state index in [9.17, 15) is 0 Å². The molecule has 5 nitrogen and oxygen atoms in total. The predicted molar refractivity (Wildman–Crippen MR) is 86.0 cm³/mol. The number of methoxy groups -OCH3 is 1. The van der Waals surface area contributed by atoms with Gasteiger partial charge in [0.15, 0.2) is 10.3 Å². The molecule has 7 heteroatoms. The van der Waals surface area contributed by atoms with Gasteiger partial charge in [0.2, 0.25) is 0 Å². The van der Waals surface area contributed by atoms with Crippen LogP contribution in [0.2, 0.25) is 0 Å². The first kappa shape index (κ1) is 13.1. The lowest BCUT2D eigenvalue weighted by Crippen LogP contribution is -2.07. The summed E-state index contributed by atoms with van der Waals surface area (Å²) >= 11 is 3.07. The van der Waals surface area contributed by atoms with Gasteiger partial charge >= 0.3 is 0 Å². The molecular formula is C13H14N4OS2. The average Bonchev–Trinajstić information content (AvgIpc) is 3.02. The number of hydrogen-bond acceptors (Lipinski definition) is 7. The standard InChI is InChI=1S/C13H14N4OS2/c1-17(2)13-15-8(6-19-13)7-4-5-9(18-3)10-11(7)20-12(14)16-10/h4-6H,1-3H3,(H2,14,16). The van der Waals surface area contributed by atoms with E-state index in [2.05, 4.69) is 9.97 Å². The molecule has 3 aromatic rings. The third-order valence-electron chi connectivity index (χ3n) is 2.89. The van der Waals surface area contributed by atoms with E-state index in [0.717, 1.165) is 32.4 Å². The van der Waals surface area contributed by atoms with Crippen molar-refractivity contribution >= 4 is 43.2 Å². The summed E-state index contributed by atoms with van der Waals surface area (Å²) in [7, 11) is 5.60. The van der Waals surface area contributed by atoms with E-state index in [4.69, 9.17) is 10.5 Å². The first-order valence-electron chi connectivity index (χ1n) is 5.96. The smallest absolute Gasteiger partial charge is 0.185 e. The number of nitrogen functional groups attached to an aromatic ring is 1. The fourth-order valence-corrected chi connectivity index (χ4v) is 3.59. The number of fused-ring (bicyclic) bond motifs is 1. The van der Waals surface area contributed by atoms with E-state index in [1.165, 1.54) is 11.3 Å². The van der Waals surface area contributed by atoms with Crippen molar-refractivity contribution in [3.05, 3.63) is 17.5 Å². The van der Waals surface area contributed by atoms with Crippen molar-refractivity contribution in [2.45, 2.75) is 0 Å². The van der Waals surface area contributed by atoms with Crippen LogP contribution in [0, 0.1) is 0 Å². The quantitative estimate of drug-likeness (QED) is 0.805. The van der Waals surface area contributed by atoms with Crippen molar-refractivity contribution in [3.63, 3.8) is 0 Å². The zero-order chi connectivity index (χ0) is 14.3. The molecule has 0 radical (unpaired) electrons. The molecule has 0 bridgehead atoms. The van der Waals surface area contributed by atoms with E-state index in [1.807, 2.05) is 36.5 Å². The molecule has 0 unspecified atom stereocenters. The van der Waals surface area contributed by atoms with Crippen LogP contribution in [0.4, 0.5) is 10.3 Å². The summed E-state index contributed by atoms with van der Waals surface area (Å²) in [5.41, 5.74) is 8.62. The van der Waals surface area contributed by atoms with Gasteiger partial charge in [0.1, 0.15) is 11.3 Å². The molecule has 3 rings (SSSR count). The molecule has 2 heterocycles. The molecule has 0 fully saturated rings. The molecule has 0 atom stereocenters. The summed E-state index contributed by atoms with van der Waals surface area (Å²) in [6.45, 7) is 0. The zero-order valence-electron chi connectivity index (χ0n) is 11.4. The fraction of sp³-hybridized carbons (Fsp3) is 0.231. The Morgan fingerprint density at radius 1 is 1.25 bits per heavy atom. The molecular weight excluding hydrogens is 292 g/mol. The van der Waals surface area contributed by atoms with Crippen LogP contribution in [0.3, 0.4) is 0 Å². The highest BCUT2D eigenvalue weighted by molar-refractivity contribution is 7.22. The molecule has 0 aliphatic carbocycles. The number of rotatable bonds is 3. The van der Waals surface area contributed by atoms with Gasteiger partial charge in [0, 0.05) is 25.0 Å². The summed E-state index contributed by atoms with van der Waals surface area (Å²) in [5, 5.41) is 3.56. The molecule has 1 aromatic carbocycles. The van der Waals surface area contributed by atoms with Gasteiger partial charge in [-0.15, -0.1) is 11.3 Å². The second kappa shape index (κ2) is 4.92. The van der Waals surface area contributed by atoms with Crippen LogP contribution in [0.1, 0.15) is 0 Å². The number of aromatic nitrogens is 2. The molecule has 0 aliphatic rings. The van der Waals surface area contributed by atoms with Crippen LogP contribution < -0.4 is 15.4 Å². The molecule has 104 valence electrons. The molecule has 0 saturated heterocycles. The third-order valence-corrected chi connectivity index (χ3v) is 4.82. The second-order valence-corrected chi connectivity index (χ2v) is 6.32. The number of hydrogen-bond donors (Lipinski definition) is 1. The Labute approximate surface area is 124 Å². The lowest BCUT2D eigenvalue weighted by molar-refractivity contribution is 0.419. The number of anilines is 2. The molecule has 20 heavy (non-hydrogen) atoms. The number of nitrogens with zero attached hydrogens (tertiary/aromatic N) is 3. The van der Waals surface area contributed by atoms with Crippen molar-refractivity contribution < 1.29 is 4.74 Å². The highest BCUT2D eigenvalue weighted by Gasteiger charge is 2.15. The van der Waals surface area contributed by atoms with Crippen LogP contribution in [-0.4, -0.2) is 31.2 Å². The van der Waals surface area contributed by atoms with Crippen LogP contribution in [0.5, 0.6) is 5.75 Å². The second-order valence-electron chi connectivity index (χ2n) is 4.45. The van der Waals surface area contributed by atoms with E-state index >= 15 is 0 Å². The average molecular weight is 306 g/mol. The number of thiazole rings is 2. The molecule has 0 aliphatic heterocycles. The third kappa shape index (κ3) is 2.08. The maximum absolute atomic E-state index is 5.84. The highest BCUT2D eigenvalue weighted by Crippen LogP contribution is 2.39. The van der Waals surface area contributed by atoms with Gasteiger partial charge < -0.3 is 15.4 Å².